The lowest BCUT2D eigenvalue weighted by atomic mass is 9.82. The first-order chi connectivity index (χ1) is 17.0. The van der Waals surface area contributed by atoms with Crippen LogP contribution in [-0.4, -0.2) is 33.9 Å². The van der Waals surface area contributed by atoms with Gasteiger partial charge in [-0.3, -0.25) is 9.36 Å². The van der Waals surface area contributed by atoms with E-state index in [1.807, 2.05) is 0 Å². The highest BCUT2D eigenvalue weighted by atomic mass is 28.4. The minimum absolute atomic E-state index is 0.0391. The standard InChI is InChI=1S/C28H38N4O3Si/c1-28(2,3)36(5,6)34-18-20-7-9-21(10-8-20)22-11-13-23(14-12-22)35-27-31-25(17-26(33)32(27)4)24-15-16-29-19-30-24/h7-10,15-17,19,22-23H,11-14,18H2,1-6H3/t22-,23-. The zero-order valence-corrected chi connectivity index (χ0v) is 23.3. The van der Waals surface area contributed by atoms with E-state index >= 15 is 0 Å². The van der Waals surface area contributed by atoms with Crippen molar-refractivity contribution < 1.29 is 9.16 Å². The molecule has 0 radical (unpaired) electrons. The Morgan fingerprint density at radius 2 is 1.72 bits per heavy atom. The van der Waals surface area contributed by atoms with E-state index < -0.39 is 8.32 Å². The lowest BCUT2D eigenvalue weighted by Crippen LogP contribution is -2.40. The summed E-state index contributed by atoms with van der Waals surface area (Å²) in [5, 5.41) is 0.215. The second kappa shape index (κ2) is 10.6. The monoisotopic (exact) mass is 506 g/mol. The van der Waals surface area contributed by atoms with Gasteiger partial charge in [-0.25, -0.2) is 9.97 Å². The molecule has 192 valence electrons. The third-order valence-electron chi connectivity index (χ3n) is 7.74. The van der Waals surface area contributed by atoms with E-state index in [1.54, 1.807) is 19.3 Å². The van der Waals surface area contributed by atoms with Gasteiger partial charge in [-0.05, 0) is 66.9 Å². The van der Waals surface area contributed by atoms with E-state index in [0.29, 0.717) is 29.9 Å². The molecule has 1 saturated carbocycles. The molecule has 0 atom stereocenters. The van der Waals surface area contributed by atoms with Gasteiger partial charge in [-0.15, -0.1) is 0 Å². The Morgan fingerprint density at radius 1 is 1.03 bits per heavy atom. The van der Waals surface area contributed by atoms with E-state index in [2.05, 4.69) is 73.1 Å². The number of rotatable bonds is 7. The molecule has 8 heteroatoms. The van der Waals surface area contributed by atoms with Crippen molar-refractivity contribution in [3.63, 3.8) is 0 Å². The van der Waals surface area contributed by atoms with Crippen molar-refractivity contribution in [3.05, 3.63) is 70.4 Å². The fourth-order valence-corrected chi connectivity index (χ4v) is 5.19. The molecule has 2 heterocycles. The molecule has 7 nitrogen and oxygen atoms in total. The molecule has 1 aromatic carbocycles. The molecular weight excluding hydrogens is 468 g/mol. The summed E-state index contributed by atoms with van der Waals surface area (Å²) < 4.78 is 14.1. The predicted molar refractivity (Wildman–Crippen MR) is 145 cm³/mol. The Morgan fingerprint density at radius 3 is 2.33 bits per heavy atom. The normalized spacial score (nSPS) is 18.7. The van der Waals surface area contributed by atoms with Gasteiger partial charge in [-0.1, -0.05) is 45.0 Å². The van der Waals surface area contributed by atoms with Crippen molar-refractivity contribution >= 4 is 8.32 Å². The summed E-state index contributed by atoms with van der Waals surface area (Å²) in [7, 11) is -0.0598. The van der Waals surface area contributed by atoms with Crippen LogP contribution < -0.4 is 10.3 Å². The van der Waals surface area contributed by atoms with Crippen molar-refractivity contribution in [1.29, 1.82) is 0 Å². The van der Waals surface area contributed by atoms with Crippen molar-refractivity contribution in [2.75, 3.05) is 0 Å². The Labute approximate surface area is 215 Å². The average molecular weight is 507 g/mol. The van der Waals surface area contributed by atoms with Crippen LogP contribution >= 0.6 is 0 Å². The number of hydrogen-bond acceptors (Lipinski definition) is 6. The van der Waals surface area contributed by atoms with Crippen molar-refractivity contribution in [2.24, 2.45) is 7.05 Å². The molecule has 3 aromatic rings. The largest absolute Gasteiger partial charge is 0.461 e. The highest BCUT2D eigenvalue weighted by Gasteiger charge is 2.37. The highest BCUT2D eigenvalue weighted by molar-refractivity contribution is 6.74. The maximum Gasteiger partial charge on any atom is 0.299 e. The second-order valence-electron chi connectivity index (χ2n) is 11.3. The molecule has 0 bridgehead atoms. The Balaban J connectivity index is 1.35. The third-order valence-corrected chi connectivity index (χ3v) is 12.2. The van der Waals surface area contributed by atoms with Gasteiger partial charge in [0.05, 0.1) is 18.0 Å². The van der Waals surface area contributed by atoms with Crippen LogP contribution in [0.5, 0.6) is 6.01 Å². The van der Waals surface area contributed by atoms with Crippen molar-refractivity contribution in [1.82, 2.24) is 19.5 Å². The van der Waals surface area contributed by atoms with Gasteiger partial charge in [0.25, 0.3) is 11.6 Å². The van der Waals surface area contributed by atoms with Gasteiger partial charge in [-0.2, -0.15) is 4.98 Å². The van der Waals surface area contributed by atoms with Crippen LogP contribution in [0.15, 0.2) is 53.7 Å². The molecule has 4 rings (SSSR count). The molecule has 36 heavy (non-hydrogen) atoms. The van der Waals surface area contributed by atoms with E-state index in [-0.39, 0.29) is 16.7 Å². The minimum atomic E-state index is -1.75. The van der Waals surface area contributed by atoms with Gasteiger partial charge in [0, 0.05) is 19.3 Å². The summed E-state index contributed by atoms with van der Waals surface area (Å²) in [6.45, 7) is 12.1. The zero-order chi connectivity index (χ0) is 25.9. The van der Waals surface area contributed by atoms with Crippen molar-refractivity contribution in [2.45, 2.75) is 83.2 Å². The first-order valence-electron chi connectivity index (χ1n) is 12.8. The lowest BCUT2D eigenvalue weighted by molar-refractivity contribution is 0.128. The Bertz CT molecular complexity index is 1210. The third kappa shape index (κ3) is 6.10. The molecule has 0 aliphatic heterocycles. The predicted octanol–water partition coefficient (Wildman–Crippen LogP) is 5.86. The van der Waals surface area contributed by atoms with E-state index in [9.17, 15) is 4.79 Å². The summed E-state index contributed by atoms with van der Waals surface area (Å²) in [6, 6.07) is 12.5. The first kappa shape index (κ1) is 26.2. The topological polar surface area (TPSA) is 79.1 Å². The SMILES string of the molecule is Cn1c(O[C@H]2CC[C@H](c3ccc(CO[Si](C)(C)C(C)(C)C)cc3)CC2)nc(-c2ccncn2)cc1=O. The molecule has 0 spiro atoms. The molecule has 0 saturated heterocycles. The summed E-state index contributed by atoms with van der Waals surface area (Å²) >= 11 is 0. The van der Waals surface area contributed by atoms with Crippen LogP contribution in [0.25, 0.3) is 11.4 Å². The molecule has 0 amide bonds. The quantitative estimate of drug-likeness (QED) is 0.373. The lowest BCUT2D eigenvalue weighted by Gasteiger charge is -2.36. The van der Waals surface area contributed by atoms with E-state index in [4.69, 9.17) is 9.16 Å². The summed E-state index contributed by atoms with van der Waals surface area (Å²) in [5.41, 5.74) is 3.55. The maximum absolute atomic E-state index is 12.5. The number of benzene rings is 1. The molecule has 1 aliphatic carbocycles. The summed E-state index contributed by atoms with van der Waals surface area (Å²) in [6.07, 6.45) is 7.07. The number of aromatic nitrogens is 4. The minimum Gasteiger partial charge on any atom is -0.461 e. The van der Waals surface area contributed by atoms with Gasteiger partial charge in [0.2, 0.25) is 0 Å². The molecule has 0 unspecified atom stereocenters. The van der Waals surface area contributed by atoms with Crippen LogP contribution in [0.3, 0.4) is 0 Å². The molecule has 1 aliphatic rings. The van der Waals surface area contributed by atoms with Crippen LogP contribution in [0.2, 0.25) is 18.1 Å². The maximum atomic E-state index is 12.5. The number of hydrogen-bond donors (Lipinski definition) is 0. The zero-order valence-electron chi connectivity index (χ0n) is 22.3. The number of ether oxygens (including phenoxy) is 1. The van der Waals surface area contributed by atoms with Gasteiger partial charge < -0.3 is 9.16 Å². The van der Waals surface area contributed by atoms with Gasteiger partial charge in [0.1, 0.15) is 12.4 Å². The molecule has 1 fully saturated rings. The van der Waals surface area contributed by atoms with Crippen LogP contribution in [-0.2, 0) is 18.1 Å². The average Bonchev–Trinajstić information content (AvgIpc) is 2.86. The first-order valence-corrected chi connectivity index (χ1v) is 15.7. The van der Waals surface area contributed by atoms with Gasteiger partial charge in [0.15, 0.2) is 8.32 Å². The molecule has 2 aromatic heterocycles. The second-order valence-corrected chi connectivity index (χ2v) is 16.1. The number of nitrogens with zero attached hydrogens (tertiary/aromatic N) is 4. The van der Waals surface area contributed by atoms with Crippen molar-refractivity contribution in [3.8, 4) is 17.4 Å². The smallest absolute Gasteiger partial charge is 0.299 e. The summed E-state index contributed by atoms with van der Waals surface area (Å²) in [5.74, 6) is 0.518. The molecule has 0 N–H and O–H groups in total. The fourth-order valence-electron chi connectivity index (χ4n) is 4.23. The Hall–Kier alpha value is -2.84. The van der Waals surface area contributed by atoms with Crippen LogP contribution in [0, 0.1) is 0 Å². The highest BCUT2D eigenvalue weighted by Crippen LogP contribution is 2.37. The van der Waals surface area contributed by atoms with Crippen LogP contribution in [0.4, 0.5) is 0 Å². The van der Waals surface area contributed by atoms with Gasteiger partial charge >= 0.3 is 0 Å². The fraction of sp³-hybridized carbons (Fsp3) is 0.500. The molecular formula is C28H38N4O3Si. The van der Waals surface area contributed by atoms with E-state index in [0.717, 1.165) is 25.7 Å². The summed E-state index contributed by atoms with van der Waals surface area (Å²) in [4.78, 5) is 25.2. The van der Waals surface area contributed by atoms with E-state index in [1.165, 1.54) is 28.1 Å². The van der Waals surface area contributed by atoms with Crippen LogP contribution in [0.1, 0.15) is 63.5 Å². The Kier molecular flexibility index (Phi) is 7.75.